The average molecular weight is 501 g/mol. The Kier molecular flexibility index (Phi) is 6.91. The highest BCUT2D eigenvalue weighted by Crippen LogP contribution is 2.38. The van der Waals surface area contributed by atoms with Crippen LogP contribution in [0.1, 0.15) is 47.7 Å². The van der Waals surface area contributed by atoms with Crippen molar-refractivity contribution in [3.8, 4) is 0 Å². The van der Waals surface area contributed by atoms with Crippen LogP contribution in [-0.4, -0.2) is 45.5 Å². The van der Waals surface area contributed by atoms with E-state index in [1.807, 2.05) is 47.4 Å². The molecule has 1 aromatic carbocycles. The van der Waals surface area contributed by atoms with Crippen molar-refractivity contribution in [2.24, 2.45) is 5.16 Å². The molecule has 0 bridgehead atoms. The number of carbonyl (C=O) groups is 2. The molecule has 0 saturated carbocycles. The molecule has 3 aromatic rings. The highest BCUT2D eigenvalue weighted by Gasteiger charge is 2.29. The lowest BCUT2D eigenvalue weighted by molar-refractivity contribution is -0.141. The van der Waals surface area contributed by atoms with Crippen LogP contribution in [-0.2, 0) is 27.3 Å². The number of halogens is 1. The van der Waals surface area contributed by atoms with Gasteiger partial charge in [-0.15, -0.1) is 0 Å². The number of amides is 1. The third-order valence-electron chi connectivity index (χ3n) is 6.51. The van der Waals surface area contributed by atoms with Crippen LogP contribution in [0.5, 0.6) is 0 Å². The maximum atomic E-state index is 12.9. The molecule has 2 aliphatic rings. The third-order valence-corrected chi connectivity index (χ3v) is 6.75. The van der Waals surface area contributed by atoms with Gasteiger partial charge in [-0.05, 0) is 59.9 Å². The minimum Gasteiger partial charge on any atom is -0.342 e. The van der Waals surface area contributed by atoms with Crippen LogP contribution in [0.25, 0.3) is 5.57 Å². The van der Waals surface area contributed by atoms with Crippen molar-refractivity contribution in [2.75, 3.05) is 13.1 Å². The van der Waals surface area contributed by atoms with Crippen molar-refractivity contribution in [3.63, 3.8) is 0 Å². The molecule has 36 heavy (non-hydrogen) atoms. The van der Waals surface area contributed by atoms with Gasteiger partial charge in [0.1, 0.15) is 0 Å². The smallest absolute Gasteiger partial charge is 0.331 e. The van der Waals surface area contributed by atoms with Crippen LogP contribution in [0.3, 0.4) is 0 Å². The largest absolute Gasteiger partial charge is 0.342 e. The molecule has 0 N–H and O–H groups in total. The van der Waals surface area contributed by atoms with Gasteiger partial charge in [-0.3, -0.25) is 14.8 Å². The maximum Gasteiger partial charge on any atom is 0.331 e. The Balaban J connectivity index is 1.51. The summed E-state index contributed by atoms with van der Waals surface area (Å²) in [5.74, 6) is -0.364. The van der Waals surface area contributed by atoms with Gasteiger partial charge in [0.05, 0.1) is 17.8 Å². The summed E-state index contributed by atoms with van der Waals surface area (Å²) in [5.41, 5.74) is 7.53. The molecule has 2 aromatic heterocycles. The number of nitrogens with zero attached hydrogens (tertiary/aromatic N) is 4. The first-order chi connectivity index (χ1) is 17.5. The molecular formula is C28H25ClN4O3. The van der Waals surface area contributed by atoms with E-state index in [0.29, 0.717) is 36.7 Å². The first kappa shape index (κ1) is 23.9. The Labute approximate surface area is 214 Å². The minimum atomic E-state index is -0.482. The molecule has 0 atom stereocenters. The summed E-state index contributed by atoms with van der Waals surface area (Å²) in [5, 5.41) is 4.75. The number of carbonyl (C=O) groups excluding carboxylic acids is 2. The molecule has 1 fully saturated rings. The van der Waals surface area contributed by atoms with E-state index in [4.69, 9.17) is 21.4 Å². The van der Waals surface area contributed by atoms with Gasteiger partial charge in [0.25, 0.3) is 0 Å². The van der Waals surface area contributed by atoms with Gasteiger partial charge in [-0.2, -0.15) is 0 Å². The monoisotopic (exact) mass is 500 g/mol. The van der Waals surface area contributed by atoms with Crippen molar-refractivity contribution >= 4 is 34.8 Å². The number of pyridine rings is 2. The van der Waals surface area contributed by atoms with Crippen molar-refractivity contribution in [3.05, 3.63) is 99.6 Å². The number of fused-ring (bicyclic) bond motifs is 2. The number of rotatable bonds is 3. The second-order valence-electron chi connectivity index (χ2n) is 8.89. The van der Waals surface area contributed by atoms with E-state index >= 15 is 0 Å². The molecule has 0 unspecified atom stereocenters. The Morgan fingerprint density at radius 2 is 1.83 bits per heavy atom. The fourth-order valence-electron chi connectivity index (χ4n) is 4.80. The van der Waals surface area contributed by atoms with Crippen LogP contribution in [0, 0.1) is 0 Å². The lowest BCUT2D eigenvalue weighted by atomic mass is 9.88. The van der Waals surface area contributed by atoms with Crippen molar-refractivity contribution in [1.29, 1.82) is 0 Å². The van der Waals surface area contributed by atoms with Crippen molar-refractivity contribution in [2.45, 2.75) is 32.6 Å². The summed E-state index contributed by atoms with van der Waals surface area (Å²) < 4.78 is 0. The number of piperidine rings is 1. The molecule has 1 aliphatic heterocycles. The predicted molar refractivity (Wildman–Crippen MR) is 137 cm³/mol. The number of aromatic nitrogens is 2. The van der Waals surface area contributed by atoms with Gasteiger partial charge < -0.3 is 9.74 Å². The van der Waals surface area contributed by atoms with E-state index in [1.165, 1.54) is 12.5 Å². The highest BCUT2D eigenvalue weighted by atomic mass is 35.5. The number of likely N-dealkylation sites (tertiary alicyclic amines) is 1. The van der Waals surface area contributed by atoms with E-state index in [0.717, 1.165) is 46.4 Å². The Hall–Kier alpha value is -3.84. The molecule has 8 heteroatoms. The van der Waals surface area contributed by atoms with E-state index < -0.39 is 5.97 Å². The molecule has 3 heterocycles. The molecule has 0 spiro atoms. The molecule has 1 amide bonds. The summed E-state index contributed by atoms with van der Waals surface area (Å²) in [6.07, 6.45) is 7.52. The summed E-state index contributed by atoms with van der Waals surface area (Å²) in [6, 6.07) is 13.4. The Bertz CT molecular complexity index is 1370. The van der Waals surface area contributed by atoms with Gasteiger partial charge in [-0.25, -0.2) is 4.79 Å². The molecule has 5 rings (SSSR count). The highest BCUT2D eigenvalue weighted by molar-refractivity contribution is 6.31. The Morgan fingerprint density at radius 3 is 2.58 bits per heavy atom. The quantitative estimate of drug-likeness (QED) is 0.387. The first-order valence-corrected chi connectivity index (χ1v) is 12.2. The number of hydrogen-bond donors (Lipinski definition) is 0. The second-order valence-corrected chi connectivity index (χ2v) is 9.33. The lowest BCUT2D eigenvalue weighted by Gasteiger charge is -2.30. The van der Waals surface area contributed by atoms with Crippen LogP contribution >= 0.6 is 11.6 Å². The summed E-state index contributed by atoms with van der Waals surface area (Å²) >= 11 is 6.38. The van der Waals surface area contributed by atoms with E-state index in [-0.39, 0.29) is 5.91 Å². The van der Waals surface area contributed by atoms with Gasteiger partial charge >= 0.3 is 5.97 Å². The second kappa shape index (κ2) is 10.4. The van der Waals surface area contributed by atoms with Crippen LogP contribution in [0.4, 0.5) is 0 Å². The van der Waals surface area contributed by atoms with Gasteiger partial charge in [0, 0.05) is 61.2 Å². The average Bonchev–Trinajstić information content (AvgIpc) is 3.02. The van der Waals surface area contributed by atoms with E-state index in [2.05, 4.69) is 10.1 Å². The van der Waals surface area contributed by atoms with Crippen LogP contribution in [0.15, 0.2) is 71.8 Å². The third kappa shape index (κ3) is 5.06. The zero-order chi connectivity index (χ0) is 25.1. The number of hydrogen-bond acceptors (Lipinski definition) is 6. The van der Waals surface area contributed by atoms with E-state index in [9.17, 15) is 9.59 Å². The molecule has 0 radical (unpaired) electrons. The maximum absolute atomic E-state index is 12.9. The lowest BCUT2D eigenvalue weighted by Crippen LogP contribution is -2.37. The molecule has 7 nitrogen and oxygen atoms in total. The van der Waals surface area contributed by atoms with Gasteiger partial charge in [0.2, 0.25) is 5.91 Å². The standard InChI is InChI=1S/C28H25ClN4O3/c1-18(34)36-32-25-16-21-3-2-10-31-28(21)27(23-5-4-22(29)17-24(23)25)20-8-13-33(14-9-20)26(35)15-19-6-11-30-12-7-19/h2-7,10-12,17H,8-9,13-16H2,1H3. The fraction of sp³-hybridized carbons (Fsp3) is 0.250. The fourth-order valence-corrected chi connectivity index (χ4v) is 4.98. The van der Waals surface area contributed by atoms with Crippen LogP contribution < -0.4 is 0 Å². The van der Waals surface area contributed by atoms with Crippen LogP contribution in [0.2, 0.25) is 5.02 Å². The molecular weight excluding hydrogens is 476 g/mol. The summed E-state index contributed by atoms with van der Waals surface area (Å²) in [6.45, 7) is 2.61. The van der Waals surface area contributed by atoms with Crippen molar-refractivity contribution in [1.82, 2.24) is 14.9 Å². The molecule has 182 valence electrons. The predicted octanol–water partition coefficient (Wildman–Crippen LogP) is 4.62. The zero-order valence-corrected chi connectivity index (χ0v) is 20.7. The minimum absolute atomic E-state index is 0.118. The van der Waals surface area contributed by atoms with E-state index in [1.54, 1.807) is 18.6 Å². The summed E-state index contributed by atoms with van der Waals surface area (Å²) in [4.78, 5) is 40.2. The number of oxime groups is 1. The molecule has 1 saturated heterocycles. The topological polar surface area (TPSA) is 84.8 Å². The normalized spacial score (nSPS) is 16.3. The van der Waals surface area contributed by atoms with Crippen molar-refractivity contribution < 1.29 is 14.4 Å². The first-order valence-electron chi connectivity index (χ1n) is 11.9. The molecule has 1 aliphatic carbocycles. The van der Waals surface area contributed by atoms with Gasteiger partial charge in [-0.1, -0.05) is 34.5 Å². The number of benzene rings is 1. The Morgan fingerprint density at radius 1 is 1.06 bits per heavy atom. The SMILES string of the molecule is CC(=O)ON=C1Cc2cccnc2C(=C2CCN(C(=O)Cc3ccncc3)CC2)c2ccc(Cl)cc21. The zero-order valence-electron chi connectivity index (χ0n) is 19.9. The van der Waals surface area contributed by atoms with Gasteiger partial charge in [0.15, 0.2) is 0 Å². The summed E-state index contributed by atoms with van der Waals surface area (Å²) in [7, 11) is 0.